The number of hydrogen-bond acceptors (Lipinski definition) is 2. The molecule has 116 valence electrons. The van der Waals surface area contributed by atoms with Gasteiger partial charge in [-0.05, 0) is 43.7 Å². The van der Waals surface area contributed by atoms with Crippen LogP contribution in [-0.2, 0) is 10.9 Å². The normalized spacial score (nSPS) is 13.4. The maximum Gasteiger partial charge on any atom is 0.416 e. The summed E-state index contributed by atoms with van der Waals surface area (Å²) in [5, 5.41) is 0. The summed E-state index contributed by atoms with van der Waals surface area (Å²) in [4.78, 5) is 11.8. The summed E-state index contributed by atoms with van der Waals surface area (Å²) >= 11 is 0. The lowest BCUT2D eigenvalue weighted by molar-refractivity contribution is -0.137. The van der Waals surface area contributed by atoms with Crippen molar-refractivity contribution in [3.63, 3.8) is 0 Å². The fourth-order valence-electron chi connectivity index (χ4n) is 1.68. The first-order valence-corrected chi connectivity index (χ1v) is 6.89. The molecule has 0 aromatic heterocycles. The van der Waals surface area contributed by atoms with E-state index in [9.17, 15) is 18.0 Å². The molecule has 21 heavy (non-hydrogen) atoms. The Morgan fingerprint density at radius 1 is 1.29 bits per heavy atom. The molecule has 0 spiro atoms. The second-order valence-electron chi connectivity index (χ2n) is 4.76. The van der Waals surface area contributed by atoms with E-state index in [1.165, 1.54) is 0 Å². The van der Waals surface area contributed by atoms with Gasteiger partial charge < -0.3 is 4.74 Å². The van der Waals surface area contributed by atoms with Gasteiger partial charge in [0.25, 0.3) is 0 Å². The van der Waals surface area contributed by atoms with E-state index in [4.69, 9.17) is 4.74 Å². The number of rotatable bonds is 6. The summed E-state index contributed by atoms with van der Waals surface area (Å²) in [6.45, 7) is 3.80. The third kappa shape index (κ3) is 6.02. The molecule has 1 unspecified atom stereocenters. The summed E-state index contributed by atoms with van der Waals surface area (Å²) in [6, 6.07) is 3.99. The zero-order valence-electron chi connectivity index (χ0n) is 12.1. The maximum absolute atomic E-state index is 12.4. The van der Waals surface area contributed by atoms with E-state index in [0.29, 0.717) is 0 Å². The first-order chi connectivity index (χ1) is 9.84. The van der Waals surface area contributed by atoms with Crippen molar-refractivity contribution in [1.82, 2.24) is 0 Å². The highest BCUT2D eigenvalue weighted by Crippen LogP contribution is 2.29. The Balaban J connectivity index is 2.57. The molecule has 0 radical (unpaired) electrons. The lowest BCUT2D eigenvalue weighted by atomic mass is 10.1. The van der Waals surface area contributed by atoms with Crippen LogP contribution in [0.4, 0.5) is 13.2 Å². The second-order valence-corrected chi connectivity index (χ2v) is 4.76. The zero-order chi connectivity index (χ0) is 15.9. The van der Waals surface area contributed by atoms with Gasteiger partial charge in [-0.3, -0.25) is 0 Å². The van der Waals surface area contributed by atoms with E-state index in [1.54, 1.807) is 13.0 Å². The number of ether oxygens (including phenoxy) is 1. The largest absolute Gasteiger partial charge is 0.455 e. The Morgan fingerprint density at radius 3 is 2.43 bits per heavy atom. The van der Waals surface area contributed by atoms with Crippen molar-refractivity contribution in [1.29, 1.82) is 0 Å². The van der Waals surface area contributed by atoms with E-state index in [2.05, 4.69) is 6.92 Å². The minimum absolute atomic E-state index is 0.108. The van der Waals surface area contributed by atoms with Crippen LogP contribution in [0.25, 0.3) is 0 Å². The third-order valence-corrected chi connectivity index (χ3v) is 2.87. The monoisotopic (exact) mass is 300 g/mol. The Bertz CT molecular complexity index is 475. The Labute approximate surface area is 122 Å². The Kier molecular flexibility index (Phi) is 6.46. The number of carbonyl (C=O) groups excluding carboxylic acids is 1. The molecule has 0 saturated heterocycles. The first kappa shape index (κ1) is 17.3. The Morgan fingerprint density at radius 2 is 1.90 bits per heavy atom. The van der Waals surface area contributed by atoms with Crippen LogP contribution < -0.4 is 0 Å². The van der Waals surface area contributed by atoms with Gasteiger partial charge in [0.2, 0.25) is 0 Å². The smallest absolute Gasteiger partial charge is 0.416 e. The lowest BCUT2D eigenvalue weighted by Crippen LogP contribution is -2.13. The van der Waals surface area contributed by atoms with Crippen molar-refractivity contribution >= 4 is 5.97 Å². The van der Waals surface area contributed by atoms with E-state index in [0.717, 1.165) is 43.5 Å². The Hall–Kier alpha value is -1.78. The topological polar surface area (TPSA) is 26.3 Å². The van der Waals surface area contributed by atoms with Gasteiger partial charge in [0.15, 0.2) is 0 Å². The summed E-state index contributed by atoms with van der Waals surface area (Å²) in [5.41, 5.74) is -0.677. The fourth-order valence-corrected chi connectivity index (χ4v) is 1.68. The predicted octanol–water partition coefficient (Wildman–Crippen LogP) is 5.00. The van der Waals surface area contributed by atoms with E-state index in [1.807, 2.05) is 6.08 Å². The number of halogens is 3. The maximum atomic E-state index is 12.4. The van der Waals surface area contributed by atoms with Gasteiger partial charge >= 0.3 is 12.1 Å². The molecule has 1 aromatic carbocycles. The number of alkyl halides is 3. The number of benzene rings is 1. The highest BCUT2D eigenvalue weighted by atomic mass is 19.4. The quantitative estimate of drug-likeness (QED) is 0.420. The molecule has 0 saturated carbocycles. The average Bonchev–Trinajstić information content (AvgIpc) is 2.43. The molecule has 1 atom stereocenters. The first-order valence-electron chi connectivity index (χ1n) is 6.89. The van der Waals surface area contributed by atoms with Gasteiger partial charge in [-0.25, -0.2) is 4.79 Å². The molecule has 0 aliphatic carbocycles. The average molecular weight is 300 g/mol. The zero-order valence-corrected chi connectivity index (χ0v) is 12.1. The van der Waals surface area contributed by atoms with Crippen LogP contribution in [0.2, 0.25) is 0 Å². The third-order valence-electron chi connectivity index (χ3n) is 2.87. The van der Waals surface area contributed by atoms with E-state index >= 15 is 0 Å². The summed E-state index contributed by atoms with van der Waals surface area (Å²) in [7, 11) is 0. The van der Waals surface area contributed by atoms with Crippen LogP contribution in [0.3, 0.4) is 0 Å². The molecule has 1 aromatic rings. The van der Waals surface area contributed by atoms with Gasteiger partial charge in [-0.2, -0.15) is 13.2 Å². The summed E-state index contributed by atoms with van der Waals surface area (Å²) in [6.07, 6.45) is 1.97. The van der Waals surface area contributed by atoms with E-state index < -0.39 is 23.8 Å². The van der Waals surface area contributed by atoms with Crippen LogP contribution >= 0.6 is 0 Å². The fraction of sp³-hybridized carbons (Fsp3) is 0.438. The second kappa shape index (κ2) is 7.86. The molecule has 0 fully saturated rings. The molecular formula is C16H19F3O2. The number of hydrogen-bond donors (Lipinski definition) is 0. The van der Waals surface area contributed by atoms with Crippen molar-refractivity contribution in [2.45, 2.75) is 45.4 Å². The molecule has 2 nitrogen and oxygen atoms in total. The lowest BCUT2D eigenvalue weighted by Gasteiger charge is -2.10. The highest BCUT2D eigenvalue weighted by molar-refractivity contribution is 5.89. The number of unbranched alkanes of at least 4 members (excludes halogenated alkanes) is 2. The van der Waals surface area contributed by atoms with Crippen LogP contribution in [0.15, 0.2) is 36.4 Å². The predicted molar refractivity (Wildman–Crippen MR) is 75.0 cm³/mol. The van der Waals surface area contributed by atoms with Crippen molar-refractivity contribution in [2.75, 3.05) is 0 Å². The summed E-state index contributed by atoms with van der Waals surface area (Å²) < 4.78 is 42.4. The van der Waals surface area contributed by atoms with Gasteiger partial charge in [-0.1, -0.05) is 25.8 Å². The van der Waals surface area contributed by atoms with Crippen LogP contribution in [-0.4, -0.2) is 12.1 Å². The minimum atomic E-state index is -4.41. The minimum Gasteiger partial charge on any atom is -0.455 e. The number of esters is 1. The standard InChI is InChI=1S/C16H19F3O2/c1-3-4-5-6-7-12(2)21-15(20)13-8-10-14(11-9-13)16(17,18)19/h6-12H,3-5H2,1-2H3/b7-6+. The van der Waals surface area contributed by atoms with Gasteiger partial charge in [0.1, 0.15) is 6.10 Å². The molecule has 0 aliphatic rings. The van der Waals surface area contributed by atoms with Gasteiger partial charge in [0.05, 0.1) is 11.1 Å². The van der Waals surface area contributed by atoms with Gasteiger partial charge in [-0.15, -0.1) is 0 Å². The van der Waals surface area contributed by atoms with E-state index in [-0.39, 0.29) is 5.56 Å². The van der Waals surface area contributed by atoms with Crippen molar-refractivity contribution < 1.29 is 22.7 Å². The van der Waals surface area contributed by atoms with Crippen molar-refractivity contribution in [3.8, 4) is 0 Å². The molecule has 0 heterocycles. The number of allylic oxidation sites excluding steroid dienone is 1. The number of carbonyl (C=O) groups is 1. The molecule has 0 aliphatic heterocycles. The van der Waals surface area contributed by atoms with Crippen molar-refractivity contribution in [3.05, 3.63) is 47.5 Å². The van der Waals surface area contributed by atoms with Gasteiger partial charge in [0, 0.05) is 0 Å². The summed E-state index contributed by atoms with van der Waals surface area (Å²) in [5.74, 6) is -0.628. The van der Waals surface area contributed by atoms with Crippen LogP contribution in [0.1, 0.15) is 49.0 Å². The van der Waals surface area contributed by atoms with Crippen LogP contribution in [0.5, 0.6) is 0 Å². The molecule has 1 rings (SSSR count). The van der Waals surface area contributed by atoms with Crippen LogP contribution in [0, 0.1) is 0 Å². The molecule has 0 amide bonds. The molecule has 5 heteroatoms. The van der Waals surface area contributed by atoms with Crippen molar-refractivity contribution in [2.24, 2.45) is 0 Å². The molecule has 0 N–H and O–H groups in total. The molecule has 0 bridgehead atoms. The molecular weight excluding hydrogens is 281 g/mol. The highest BCUT2D eigenvalue weighted by Gasteiger charge is 2.30. The SMILES string of the molecule is CCCC/C=C/C(C)OC(=O)c1ccc(C(F)(F)F)cc1.